The predicted molar refractivity (Wildman–Crippen MR) is 130 cm³/mol. The van der Waals surface area contributed by atoms with Crippen LogP contribution in [0.2, 0.25) is 0 Å². The monoisotopic (exact) mass is 538 g/mol. The molecule has 10 unspecified atom stereocenters. The van der Waals surface area contributed by atoms with Crippen LogP contribution in [0.1, 0.15) is 18.9 Å². The van der Waals surface area contributed by atoms with E-state index < -0.39 is 73.1 Å². The van der Waals surface area contributed by atoms with Gasteiger partial charge in [-0.1, -0.05) is 6.07 Å². The lowest BCUT2D eigenvalue weighted by molar-refractivity contribution is -0.346. The molecule has 38 heavy (non-hydrogen) atoms. The summed E-state index contributed by atoms with van der Waals surface area (Å²) in [6, 6.07) is 5.18. The van der Waals surface area contributed by atoms with Crippen LogP contribution in [0, 0.1) is 11.8 Å². The van der Waals surface area contributed by atoms with Crippen molar-refractivity contribution < 1.29 is 58.7 Å². The van der Waals surface area contributed by atoms with Gasteiger partial charge in [0.25, 0.3) is 0 Å². The van der Waals surface area contributed by atoms with Gasteiger partial charge in [0.15, 0.2) is 17.8 Å². The number of carbonyl (C=O) groups excluding carboxylic acids is 1. The van der Waals surface area contributed by atoms with Crippen molar-refractivity contribution in [3.05, 3.63) is 42.2 Å². The van der Waals surface area contributed by atoms with Gasteiger partial charge in [0.05, 0.1) is 38.6 Å². The van der Waals surface area contributed by atoms with E-state index in [1.807, 2.05) is 0 Å². The fourth-order valence-electron chi connectivity index (χ4n) is 5.20. The highest BCUT2D eigenvalue weighted by molar-refractivity contribution is 5.87. The molecular weight excluding hydrogens is 504 g/mol. The van der Waals surface area contributed by atoms with Gasteiger partial charge in [0.1, 0.15) is 30.5 Å². The minimum absolute atomic E-state index is 0.0838. The highest BCUT2D eigenvalue weighted by Gasteiger charge is 2.57. The molecule has 12 heteroatoms. The van der Waals surface area contributed by atoms with Crippen molar-refractivity contribution in [2.75, 3.05) is 20.8 Å². The van der Waals surface area contributed by atoms with Crippen LogP contribution in [0.25, 0.3) is 6.08 Å². The Balaban J connectivity index is 1.44. The van der Waals surface area contributed by atoms with E-state index >= 15 is 0 Å². The normalized spacial score (nSPS) is 38.5. The molecule has 1 aromatic carbocycles. The van der Waals surface area contributed by atoms with Gasteiger partial charge in [-0.15, -0.1) is 0 Å². The van der Waals surface area contributed by atoms with E-state index in [9.17, 15) is 30.3 Å². The summed E-state index contributed by atoms with van der Waals surface area (Å²) < 4.78 is 32.9. The molecule has 210 valence electrons. The van der Waals surface area contributed by atoms with Gasteiger partial charge < -0.3 is 54.0 Å². The molecule has 2 fully saturated rings. The van der Waals surface area contributed by atoms with E-state index in [1.54, 1.807) is 37.3 Å². The second-order valence-electron chi connectivity index (χ2n) is 9.75. The molecule has 0 spiro atoms. The molecule has 2 heterocycles. The number of methoxy groups -OCH3 is 2. The zero-order chi connectivity index (χ0) is 27.6. The van der Waals surface area contributed by atoms with Gasteiger partial charge in [0, 0.05) is 18.4 Å². The molecule has 10 atom stereocenters. The Bertz CT molecular complexity index is 1040. The number of hydrogen-bond acceptors (Lipinski definition) is 12. The maximum atomic E-state index is 12.7. The van der Waals surface area contributed by atoms with Crippen molar-refractivity contribution in [3.8, 4) is 11.5 Å². The average Bonchev–Trinajstić information content (AvgIpc) is 3.17. The van der Waals surface area contributed by atoms with Gasteiger partial charge in [-0.05, 0) is 36.8 Å². The molecule has 0 radical (unpaired) electrons. The molecule has 1 saturated carbocycles. The summed E-state index contributed by atoms with van der Waals surface area (Å²) >= 11 is 0. The number of rotatable bonds is 8. The van der Waals surface area contributed by atoms with E-state index in [1.165, 1.54) is 26.6 Å². The lowest BCUT2D eigenvalue weighted by Gasteiger charge is -2.43. The lowest BCUT2D eigenvalue weighted by Crippen LogP contribution is -2.60. The molecule has 1 aliphatic carbocycles. The van der Waals surface area contributed by atoms with Crippen molar-refractivity contribution in [2.45, 2.75) is 62.0 Å². The molecule has 0 bridgehead atoms. The highest BCUT2D eigenvalue weighted by atomic mass is 16.8. The Kier molecular flexibility index (Phi) is 8.62. The van der Waals surface area contributed by atoms with Crippen LogP contribution < -0.4 is 9.47 Å². The number of esters is 1. The Morgan fingerprint density at radius 1 is 1.11 bits per heavy atom. The van der Waals surface area contributed by atoms with Crippen molar-refractivity contribution in [1.29, 1.82) is 0 Å². The molecule has 0 aromatic heterocycles. The number of fused-ring (bicyclic) bond motifs is 1. The first-order valence-electron chi connectivity index (χ1n) is 12.2. The fraction of sp³-hybridized carbons (Fsp3) is 0.577. The minimum atomic E-state index is -1.64. The predicted octanol–water partition coefficient (Wildman–Crippen LogP) is -0.298. The molecular formula is C26H34O12. The zero-order valence-corrected chi connectivity index (χ0v) is 21.2. The van der Waals surface area contributed by atoms with Crippen LogP contribution in [0.3, 0.4) is 0 Å². The molecule has 0 amide bonds. The first kappa shape index (κ1) is 28.3. The second kappa shape index (κ2) is 11.6. The summed E-state index contributed by atoms with van der Waals surface area (Å²) in [6.45, 7) is 0.943. The van der Waals surface area contributed by atoms with Crippen molar-refractivity contribution in [1.82, 2.24) is 0 Å². The summed E-state index contributed by atoms with van der Waals surface area (Å²) in [5, 5.41) is 51.0. The van der Waals surface area contributed by atoms with E-state index in [2.05, 4.69) is 0 Å². The third-order valence-corrected chi connectivity index (χ3v) is 7.19. The Morgan fingerprint density at radius 2 is 1.84 bits per heavy atom. The van der Waals surface area contributed by atoms with Crippen LogP contribution in [-0.4, -0.2) is 101 Å². The van der Waals surface area contributed by atoms with E-state index in [-0.39, 0.29) is 6.42 Å². The second-order valence-corrected chi connectivity index (χ2v) is 9.75. The van der Waals surface area contributed by atoms with Crippen LogP contribution in [0.5, 0.6) is 11.5 Å². The topological polar surface area (TPSA) is 174 Å². The SMILES string of the molecule is COc1ccc(C=CC(=O)OC2CC(C)(O)C3C(OC4OC(CO)C(O)C(O)C4O)OC=CC23)cc1OC. The van der Waals surface area contributed by atoms with Gasteiger partial charge in [-0.3, -0.25) is 0 Å². The van der Waals surface area contributed by atoms with Crippen LogP contribution >= 0.6 is 0 Å². The van der Waals surface area contributed by atoms with Crippen molar-refractivity contribution >= 4 is 12.0 Å². The van der Waals surface area contributed by atoms with Crippen LogP contribution in [-0.2, 0) is 23.7 Å². The van der Waals surface area contributed by atoms with Crippen LogP contribution in [0.4, 0.5) is 0 Å². The average molecular weight is 539 g/mol. The summed E-state index contributed by atoms with van der Waals surface area (Å²) in [4.78, 5) is 12.7. The molecule has 12 nitrogen and oxygen atoms in total. The minimum Gasteiger partial charge on any atom is -0.493 e. The molecule has 1 saturated heterocycles. The molecule has 4 rings (SSSR count). The highest BCUT2D eigenvalue weighted by Crippen LogP contribution is 2.48. The summed E-state index contributed by atoms with van der Waals surface area (Å²) in [5.74, 6) is -0.777. The molecule has 5 N–H and O–H groups in total. The number of carbonyl (C=O) groups is 1. The van der Waals surface area contributed by atoms with E-state index in [0.717, 1.165) is 0 Å². The lowest BCUT2D eigenvalue weighted by atomic mass is 9.85. The third-order valence-electron chi connectivity index (χ3n) is 7.19. The Labute approximate surface area is 219 Å². The van der Waals surface area contributed by atoms with Crippen molar-refractivity contribution in [2.24, 2.45) is 11.8 Å². The van der Waals surface area contributed by atoms with Gasteiger partial charge in [0.2, 0.25) is 6.29 Å². The zero-order valence-electron chi connectivity index (χ0n) is 21.2. The molecule has 3 aliphatic rings. The first-order valence-corrected chi connectivity index (χ1v) is 12.2. The quantitative estimate of drug-likeness (QED) is 0.216. The molecule has 2 aliphatic heterocycles. The maximum Gasteiger partial charge on any atom is 0.331 e. The van der Waals surface area contributed by atoms with Gasteiger partial charge in [-0.25, -0.2) is 4.79 Å². The van der Waals surface area contributed by atoms with Gasteiger partial charge >= 0.3 is 5.97 Å². The van der Waals surface area contributed by atoms with E-state index in [4.69, 9.17) is 28.4 Å². The standard InChI is InChI=1S/C26H34O12/c1-26(32)11-17(36-19(28)7-5-13-4-6-15(33-2)16(10-13)34-3)14-8-9-35-24(20(14)26)38-25-23(31)22(30)21(29)18(12-27)37-25/h4-10,14,17-18,20-25,27,29-32H,11-12H2,1-3H3. The molecule has 1 aromatic rings. The largest absolute Gasteiger partial charge is 0.493 e. The Morgan fingerprint density at radius 3 is 2.53 bits per heavy atom. The maximum absolute atomic E-state index is 12.7. The van der Waals surface area contributed by atoms with Crippen molar-refractivity contribution in [3.63, 3.8) is 0 Å². The summed E-state index contributed by atoms with van der Waals surface area (Å²) in [7, 11) is 3.04. The number of aliphatic hydroxyl groups is 5. The smallest absolute Gasteiger partial charge is 0.331 e. The first-order chi connectivity index (χ1) is 18.1. The van der Waals surface area contributed by atoms with E-state index in [0.29, 0.717) is 17.1 Å². The third kappa shape index (κ3) is 5.66. The number of aliphatic hydroxyl groups excluding tert-OH is 4. The number of hydrogen-bond donors (Lipinski definition) is 5. The summed E-state index contributed by atoms with van der Waals surface area (Å²) in [5.41, 5.74) is -0.707. The number of ether oxygens (including phenoxy) is 6. The Hall–Kier alpha value is -2.71. The van der Waals surface area contributed by atoms with Crippen LogP contribution in [0.15, 0.2) is 36.6 Å². The summed E-state index contributed by atoms with van der Waals surface area (Å²) in [6.07, 6.45) is -3.35. The van der Waals surface area contributed by atoms with Gasteiger partial charge in [-0.2, -0.15) is 0 Å². The number of benzene rings is 1. The fourth-order valence-corrected chi connectivity index (χ4v) is 5.20.